The number of carboxylic acids is 1. The molecule has 0 aromatic rings. The zero-order valence-corrected chi connectivity index (χ0v) is 8.41. The minimum atomic E-state index is -1.09. The highest BCUT2D eigenvalue weighted by atomic mass is 16.4. The van der Waals surface area contributed by atoms with E-state index in [0.717, 1.165) is 12.8 Å². The molecule has 0 aromatic carbocycles. The van der Waals surface area contributed by atoms with E-state index in [9.17, 15) is 9.59 Å². The Hall–Kier alpha value is -1.32. The summed E-state index contributed by atoms with van der Waals surface area (Å²) in [6, 6.07) is 0. The van der Waals surface area contributed by atoms with E-state index >= 15 is 0 Å². The molecule has 1 aliphatic rings. The number of carbonyl (C=O) groups excluding carboxylic acids is 1. The molecule has 2 atom stereocenters. The summed E-state index contributed by atoms with van der Waals surface area (Å²) in [5.41, 5.74) is -0.0308. The summed E-state index contributed by atoms with van der Waals surface area (Å²) >= 11 is 0. The minimum Gasteiger partial charge on any atom is -0.477 e. The van der Waals surface area contributed by atoms with Gasteiger partial charge in [-0.3, -0.25) is 4.79 Å². The Morgan fingerprint density at radius 1 is 1.57 bits per heavy atom. The number of aliphatic carboxylic acids is 1. The summed E-state index contributed by atoms with van der Waals surface area (Å²) in [5, 5.41) is 11.1. The summed E-state index contributed by atoms with van der Waals surface area (Å²) in [7, 11) is 0. The van der Waals surface area contributed by atoms with Gasteiger partial charge in [-0.1, -0.05) is 19.4 Å². The number of rotatable bonds is 4. The van der Waals surface area contributed by atoms with Crippen LogP contribution in [-0.4, -0.2) is 17.0 Å². The Balaban J connectivity index is 2.45. The zero-order chi connectivity index (χ0) is 10.7. The molecule has 4 heteroatoms. The van der Waals surface area contributed by atoms with Crippen molar-refractivity contribution in [2.75, 3.05) is 0 Å². The lowest BCUT2D eigenvalue weighted by Gasteiger charge is -2.03. The van der Waals surface area contributed by atoms with Crippen molar-refractivity contribution in [3.05, 3.63) is 11.8 Å². The highest BCUT2D eigenvalue weighted by Gasteiger charge is 2.41. The van der Waals surface area contributed by atoms with Gasteiger partial charge < -0.3 is 10.4 Å². The van der Waals surface area contributed by atoms with Gasteiger partial charge in [0.15, 0.2) is 0 Å². The molecule has 0 spiro atoms. The van der Waals surface area contributed by atoms with Crippen LogP contribution in [0.1, 0.15) is 26.7 Å². The Labute approximate surface area is 83.0 Å². The van der Waals surface area contributed by atoms with Crippen LogP contribution in [-0.2, 0) is 9.59 Å². The average Bonchev–Trinajstić information content (AvgIpc) is 2.92. The van der Waals surface area contributed by atoms with Gasteiger partial charge in [0.2, 0.25) is 5.91 Å². The van der Waals surface area contributed by atoms with Crippen LogP contribution >= 0.6 is 0 Å². The number of nitrogens with one attached hydrogen (secondary N) is 1. The molecule has 0 radical (unpaired) electrons. The molecule has 0 heterocycles. The lowest BCUT2D eigenvalue weighted by Crippen LogP contribution is -2.28. The summed E-state index contributed by atoms with van der Waals surface area (Å²) in [6.07, 6.45) is 3.26. The fourth-order valence-corrected chi connectivity index (χ4v) is 1.49. The Kier molecular flexibility index (Phi) is 3.28. The summed E-state index contributed by atoms with van der Waals surface area (Å²) in [6.45, 7) is 3.62. The first-order valence-corrected chi connectivity index (χ1v) is 4.80. The molecule has 14 heavy (non-hydrogen) atoms. The van der Waals surface area contributed by atoms with Crippen LogP contribution in [0.2, 0.25) is 0 Å². The molecule has 2 N–H and O–H groups in total. The molecule has 0 aromatic heterocycles. The first kappa shape index (κ1) is 10.8. The standard InChI is InChI=1S/C10H15NO3/c1-3-6-5-7(6)9(12)11-8(4-2)10(13)14/h4,6-7H,3,5H2,1-2H3,(H,11,12)(H,13,14)/b8-4-. The maximum Gasteiger partial charge on any atom is 0.352 e. The average molecular weight is 197 g/mol. The van der Waals surface area contributed by atoms with Gasteiger partial charge in [-0.05, 0) is 19.3 Å². The van der Waals surface area contributed by atoms with Gasteiger partial charge in [0, 0.05) is 5.92 Å². The third-order valence-electron chi connectivity index (χ3n) is 2.56. The van der Waals surface area contributed by atoms with Crippen LogP contribution in [0.3, 0.4) is 0 Å². The van der Waals surface area contributed by atoms with Crippen LogP contribution in [0.4, 0.5) is 0 Å². The molecule has 0 bridgehead atoms. The Bertz CT molecular complexity index is 283. The van der Waals surface area contributed by atoms with Crippen molar-refractivity contribution < 1.29 is 14.7 Å². The maximum absolute atomic E-state index is 11.4. The Morgan fingerprint density at radius 3 is 2.57 bits per heavy atom. The fraction of sp³-hybridized carbons (Fsp3) is 0.600. The topological polar surface area (TPSA) is 66.4 Å². The fourth-order valence-electron chi connectivity index (χ4n) is 1.49. The Morgan fingerprint density at radius 2 is 2.21 bits per heavy atom. The van der Waals surface area contributed by atoms with Crippen LogP contribution in [0.15, 0.2) is 11.8 Å². The minimum absolute atomic E-state index is 0.0225. The second-order valence-corrected chi connectivity index (χ2v) is 3.51. The number of hydrogen-bond acceptors (Lipinski definition) is 2. The largest absolute Gasteiger partial charge is 0.477 e. The third kappa shape index (κ3) is 2.34. The molecule has 1 aliphatic carbocycles. The normalized spacial score (nSPS) is 25.7. The maximum atomic E-state index is 11.4. The highest BCUT2D eigenvalue weighted by Crippen LogP contribution is 2.41. The molecule has 1 fully saturated rings. The number of carbonyl (C=O) groups is 2. The smallest absolute Gasteiger partial charge is 0.352 e. The van der Waals surface area contributed by atoms with Crippen LogP contribution in [0, 0.1) is 11.8 Å². The number of carboxylic acid groups (broad SMARTS) is 1. The second kappa shape index (κ2) is 4.26. The lowest BCUT2D eigenvalue weighted by molar-refractivity contribution is -0.134. The molecule has 1 amide bonds. The van der Waals surface area contributed by atoms with E-state index in [1.807, 2.05) is 6.92 Å². The summed E-state index contributed by atoms with van der Waals surface area (Å²) < 4.78 is 0. The van der Waals surface area contributed by atoms with Crippen molar-refractivity contribution in [3.8, 4) is 0 Å². The third-order valence-corrected chi connectivity index (χ3v) is 2.56. The van der Waals surface area contributed by atoms with Crippen LogP contribution < -0.4 is 5.32 Å². The molecule has 2 unspecified atom stereocenters. The predicted molar refractivity (Wildman–Crippen MR) is 51.4 cm³/mol. The van der Waals surface area contributed by atoms with Crippen molar-refractivity contribution >= 4 is 11.9 Å². The van der Waals surface area contributed by atoms with Crippen molar-refractivity contribution in [2.45, 2.75) is 26.7 Å². The van der Waals surface area contributed by atoms with Crippen molar-refractivity contribution in [1.29, 1.82) is 0 Å². The van der Waals surface area contributed by atoms with Crippen LogP contribution in [0.5, 0.6) is 0 Å². The van der Waals surface area contributed by atoms with Crippen molar-refractivity contribution in [3.63, 3.8) is 0 Å². The highest BCUT2D eigenvalue weighted by molar-refractivity contribution is 5.94. The van der Waals surface area contributed by atoms with Gasteiger partial charge in [0.25, 0.3) is 0 Å². The van der Waals surface area contributed by atoms with Gasteiger partial charge in [0.1, 0.15) is 5.70 Å². The SMILES string of the molecule is C/C=C(\NC(=O)C1CC1CC)C(=O)O. The van der Waals surface area contributed by atoms with Gasteiger partial charge >= 0.3 is 5.97 Å². The van der Waals surface area contributed by atoms with E-state index in [2.05, 4.69) is 5.32 Å². The molecule has 1 rings (SSSR count). The van der Waals surface area contributed by atoms with E-state index in [1.165, 1.54) is 6.08 Å². The lowest BCUT2D eigenvalue weighted by atomic mass is 10.2. The monoisotopic (exact) mass is 197 g/mol. The van der Waals surface area contributed by atoms with Gasteiger partial charge in [-0.15, -0.1) is 0 Å². The quantitative estimate of drug-likeness (QED) is 0.664. The molecule has 1 saturated carbocycles. The molecule has 0 saturated heterocycles. The van der Waals surface area contributed by atoms with Crippen molar-refractivity contribution in [2.24, 2.45) is 11.8 Å². The van der Waals surface area contributed by atoms with E-state index in [1.54, 1.807) is 6.92 Å². The number of hydrogen-bond donors (Lipinski definition) is 2. The predicted octanol–water partition coefficient (Wildman–Crippen LogP) is 1.14. The first-order valence-electron chi connectivity index (χ1n) is 4.80. The van der Waals surface area contributed by atoms with Gasteiger partial charge in [0.05, 0.1) is 0 Å². The summed E-state index contributed by atoms with van der Waals surface area (Å²) in [4.78, 5) is 22.0. The van der Waals surface area contributed by atoms with Gasteiger partial charge in [-0.2, -0.15) is 0 Å². The van der Waals surface area contributed by atoms with E-state index in [-0.39, 0.29) is 17.5 Å². The summed E-state index contributed by atoms with van der Waals surface area (Å²) in [5.74, 6) is -0.780. The van der Waals surface area contributed by atoms with E-state index < -0.39 is 5.97 Å². The first-order chi connectivity index (χ1) is 6.60. The molecule has 4 nitrogen and oxygen atoms in total. The van der Waals surface area contributed by atoms with Gasteiger partial charge in [-0.25, -0.2) is 4.79 Å². The zero-order valence-electron chi connectivity index (χ0n) is 8.41. The van der Waals surface area contributed by atoms with Crippen LogP contribution in [0.25, 0.3) is 0 Å². The van der Waals surface area contributed by atoms with E-state index in [0.29, 0.717) is 5.92 Å². The molecule has 0 aliphatic heterocycles. The number of amides is 1. The molecular weight excluding hydrogens is 182 g/mol. The number of allylic oxidation sites excluding steroid dienone is 1. The second-order valence-electron chi connectivity index (χ2n) is 3.51. The molecular formula is C10H15NO3. The van der Waals surface area contributed by atoms with E-state index in [4.69, 9.17) is 5.11 Å². The van der Waals surface area contributed by atoms with Crippen molar-refractivity contribution in [1.82, 2.24) is 5.32 Å². The molecule has 78 valence electrons.